The Kier molecular flexibility index (Phi) is 6.75. The highest BCUT2D eigenvalue weighted by Gasteiger charge is 2.09. The molecular weight excluding hydrogens is 302 g/mol. The van der Waals surface area contributed by atoms with Gasteiger partial charge in [0.2, 0.25) is 0 Å². The van der Waals surface area contributed by atoms with E-state index in [1.54, 1.807) is 19.5 Å². The van der Waals surface area contributed by atoms with Crippen LogP contribution in [-0.4, -0.2) is 31.2 Å². The number of para-hydroxylation sites is 1. The van der Waals surface area contributed by atoms with Gasteiger partial charge in [0, 0.05) is 32.1 Å². The third kappa shape index (κ3) is 5.06. The zero-order valence-electron chi connectivity index (χ0n) is 14.5. The number of pyridine rings is 1. The fraction of sp³-hybridized carbons (Fsp3) is 0.368. The lowest BCUT2D eigenvalue weighted by molar-refractivity contribution is 0.0948. The highest BCUT2D eigenvalue weighted by molar-refractivity contribution is 5.94. The SMILES string of the molecule is COCCCNC(=O)c1cncc(Nc2ccccc2C(C)C)c1. The first kappa shape index (κ1) is 17.9. The number of hydrogen-bond donors (Lipinski definition) is 2. The molecule has 0 unspecified atom stereocenters. The molecule has 5 nitrogen and oxygen atoms in total. The van der Waals surface area contributed by atoms with Crippen LogP contribution in [0.5, 0.6) is 0 Å². The van der Waals surface area contributed by atoms with Crippen LogP contribution in [-0.2, 0) is 4.74 Å². The van der Waals surface area contributed by atoms with Gasteiger partial charge in [-0.25, -0.2) is 0 Å². The number of benzene rings is 1. The summed E-state index contributed by atoms with van der Waals surface area (Å²) in [7, 11) is 1.65. The van der Waals surface area contributed by atoms with E-state index in [9.17, 15) is 4.79 Å². The van der Waals surface area contributed by atoms with Gasteiger partial charge in [0.25, 0.3) is 5.91 Å². The summed E-state index contributed by atoms with van der Waals surface area (Å²) >= 11 is 0. The van der Waals surface area contributed by atoms with E-state index in [1.165, 1.54) is 5.56 Å². The normalized spacial score (nSPS) is 10.7. The fourth-order valence-electron chi connectivity index (χ4n) is 2.42. The zero-order chi connectivity index (χ0) is 17.4. The molecule has 0 aliphatic heterocycles. The quantitative estimate of drug-likeness (QED) is 0.726. The molecule has 0 fully saturated rings. The topological polar surface area (TPSA) is 63.2 Å². The summed E-state index contributed by atoms with van der Waals surface area (Å²) < 4.78 is 4.97. The molecule has 0 aliphatic carbocycles. The largest absolute Gasteiger partial charge is 0.385 e. The third-order valence-corrected chi connectivity index (χ3v) is 3.67. The second kappa shape index (κ2) is 9.03. The number of hydrogen-bond acceptors (Lipinski definition) is 4. The monoisotopic (exact) mass is 327 g/mol. The van der Waals surface area contributed by atoms with Crippen LogP contribution in [0.4, 0.5) is 11.4 Å². The number of nitrogens with one attached hydrogen (secondary N) is 2. The second-order valence-electron chi connectivity index (χ2n) is 5.93. The van der Waals surface area contributed by atoms with Crippen molar-refractivity contribution in [1.29, 1.82) is 0 Å². The average Bonchev–Trinajstić information content (AvgIpc) is 2.59. The summed E-state index contributed by atoms with van der Waals surface area (Å²) in [5, 5.41) is 6.23. The number of rotatable bonds is 8. The molecule has 0 saturated heterocycles. The summed E-state index contributed by atoms with van der Waals surface area (Å²) in [4.78, 5) is 16.3. The van der Waals surface area contributed by atoms with Gasteiger partial charge in [0.05, 0.1) is 17.4 Å². The van der Waals surface area contributed by atoms with Gasteiger partial charge in [-0.2, -0.15) is 0 Å². The molecule has 1 heterocycles. The first-order valence-electron chi connectivity index (χ1n) is 8.20. The van der Waals surface area contributed by atoms with Gasteiger partial charge in [-0.1, -0.05) is 32.0 Å². The molecule has 0 aliphatic rings. The minimum atomic E-state index is -0.126. The van der Waals surface area contributed by atoms with Gasteiger partial charge >= 0.3 is 0 Å². The van der Waals surface area contributed by atoms with Gasteiger partial charge < -0.3 is 15.4 Å². The minimum Gasteiger partial charge on any atom is -0.385 e. The molecule has 0 radical (unpaired) electrons. The molecule has 2 aromatic rings. The van der Waals surface area contributed by atoms with E-state index in [1.807, 2.05) is 24.3 Å². The molecule has 0 spiro atoms. The first-order valence-corrected chi connectivity index (χ1v) is 8.20. The Bertz CT molecular complexity index is 671. The van der Waals surface area contributed by atoms with E-state index in [0.717, 1.165) is 17.8 Å². The molecule has 2 N–H and O–H groups in total. The van der Waals surface area contributed by atoms with Crippen LogP contribution in [0.25, 0.3) is 0 Å². The summed E-state index contributed by atoms with van der Waals surface area (Å²) in [6.07, 6.45) is 4.08. The maximum absolute atomic E-state index is 12.2. The van der Waals surface area contributed by atoms with Crippen molar-refractivity contribution in [2.24, 2.45) is 0 Å². The van der Waals surface area contributed by atoms with Crippen molar-refractivity contribution in [3.05, 3.63) is 53.9 Å². The Labute approximate surface area is 143 Å². The van der Waals surface area contributed by atoms with E-state index < -0.39 is 0 Å². The van der Waals surface area contributed by atoms with Gasteiger partial charge in [-0.05, 0) is 30.0 Å². The summed E-state index contributed by atoms with van der Waals surface area (Å²) in [6, 6.07) is 9.98. The van der Waals surface area contributed by atoms with Crippen LogP contribution >= 0.6 is 0 Å². The number of ether oxygens (including phenoxy) is 1. The van der Waals surface area contributed by atoms with Crippen molar-refractivity contribution in [2.75, 3.05) is 25.6 Å². The predicted octanol–water partition coefficient (Wildman–Crippen LogP) is 3.71. The van der Waals surface area contributed by atoms with E-state index >= 15 is 0 Å². The smallest absolute Gasteiger partial charge is 0.252 e. The number of methoxy groups -OCH3 is 1. The van der Waals surface area contributed by atoms with E-state index in [4.69, 9.17) is 4.74 Å². The fourth-order valence-corrected chi connectivity index (χ4v) is 2.42. The molecule has 1 amide bonds. The third-order valence-electron chi connectivity index (χ3n) is 3.67. The minimum absolute atomic E-state index is 0.126. The number of anilines is 2. The molecule has 0 saturated carbocycles. The molecular formula is C19H25N3O2. The van der Waals surface area contributed by atoms with Gasteiger partial charge in [0.1, 0.15) is 0 Å². The maximum atomic E-state index is 12.2. The number of nitrogens with zero attached hydrogens (tertiary/aromatic N) is 1. The van der Waals surface area contributed by atoms with Crippen LogP contribution in [0.3, 0.4) is 0 Å². The first-order chi connectivity index (χ1) is 11.6. The number of carbonyl (C=O) groups excluding carboxylic acids is 1. The molecule has 24 heavy (non-hydrogen) atoms. The number of amides is 1. The predicted molar refractivity (Wildman–Crippen MR) is 96.9 cm³/mol. The Balaban J connectivity index is 2.07. The van der Waals surface area contributed by atoms with Crippen molar-refractivity contribution in [1.82, 2.24) is 10.3 Å². The standard InChI is InChI=1S/C19H25N3O2/c1-14(2)17-7-4-5-8-18(17)22-16-11-15(12-20-13-16)19(23)21-9-6-10-24-3/h4-5,7-8,11-14,22H,6,9-10H2,1-3H3,(H,21,23). The van der Waals surface area contributed by atoms with Gasteiger partial charge in [0.15, 0.2) is 0 Å². The Hall–Kier alpha value is -2.40. The van der Waals surface area contributed by atoms with Gasteiger partial charge in [-0.15, -0.1) is 0 Å². The van der Waals surface area contributed by atoms with Crippen molar-refractivity contribution in [3.8, 4) is 0 Å². The van der Waals surface area contributed by atoms with Crippen LogP contribution in [0.1, 0.15) is 42.1 Å². The number of carbonyl (C=O) groups is 1. The Morgan fingerprint density at radius 1 is 1.25 bits per heavy atom. The van der Waals surface area contributed by atoms with E-state index in [-0.39, 0.29) is 5.91 Å². The van der Waals surface area contributed by atoms with Crippen LogP contribution in [0, 0.1) is 0 Å². The van der Waals surface area contributed by atoms with Crippen molar-refractivity contribution < 1.29 is 9.53 Å². The van der Waals surface area contributed by atoms with Crippen LogP contribution in [0.15, 0.2) is 42.7 Å². The zero-order valence-corrected chi connectivity index (χ0v) is 14.5. The van der Waals surface area contributed by atoms with Crippen molar-refractivity contribution in [3.63, 3.8) is 0 Å². The molecule has 128 valence electrons. The van der Waals surface area contributed by atoms with E-state index in [2.05, 4.69) is 35.5 Å². The lowest BCUT2D eigenvalue weighted by atomic mass is 10.0. The maximum Gasteiger partial charge on any atom is 0.252 e. The van der Waals surface area contributed by atoms with Crippen molar-refractivity contribution in [2.45, 2.75) is 26.2 Å². The Morgan fingerprint density at radius 2 is 2.04 bits per heavy atom. The molecule has 1 aromatic heterocycles. The van der Waals surface area contributed by atoms with Gasteiger partial charge in [-0.3, -0.25) is 9.78 Å². The molecule has 5 heteroatoms. The summed E-state index contributed by atoms with van der Waals surface area (Å²) in [5.74, 6) is 0.285. The van der Waals surface area contributed by atoms with E-state index in [0.29, 0.717) is 24.6 Å². The lowest BCUT2D eigenvalue weighted by Crippen LogP contribution is -2.25. The van der Waals surface area contributed by atoms with Crippen LogP contribution in [0.2, 0.25) is 0 Å². The summed E-state index contributed by atoms with van der Waals surface area (Å²) in [6.45, 7) is 5.53. The highest BCUT2D eigenvalue weighted by Crippen LogP contribution is 2.26. The highest BCUT2D eigenvalue weighted by atomic mass is 16.5. The molecule has 0 atom stereocenters. The summed E-state index contributed by atoms with van der Waals surface area (Å²) in [5.41, 5.74) is 3.60. The Morgan fingerprint density at radius 3 is 2.79 bits per heavy atom. The molecule has 2 rings (SSSR count). The number of aromatic nitrogens is 1. The molecule has 1 aromatic carbocycles. The lowest BCUT2D eigenvalue weighted by Gasteiger charge is -2.15. The van der Waals surface area contributed by atoms with Crippen molar-refractivity contribution >= 4 is 17.3 Å². The van der Waals surface area contributed by atoms with Crippen LogP contribution < -0.4 is 10.6 Å². The average molecular weight is 327 g/mol. The second-order valence-corrected chi connectivity index (χ2v) is 5.93. The molecule has 0 bridgehead atoms.